The maximum Gasteiger partial charge on any atom is 0.360 e. The first kappa shape index (κ1) is 12.2. The van der Waals surface area contributed by atoms with Crippen molar-refractivity contribution in [2.75, 3.05) is 13.7 Å². The van der Waals surface area contributed by atoms with Gasteiger partial charge in [0.1, 0.15) is 5.75 Å². The fourth-order valence-electron chi connectivity index (χ4n) is 1.61. The highest BCUT2D eigenvalue weighted by Gasteiger charge is 2.21. The first-order valence-corrected chi connectivity index (χ1v) is 5.52. The van der Waals surface area contributed by atoms with E-state index >= 15 is 0 Å². The van der Waals surface area contributed by atoms with E-state index in [1.807, 2.05) is 12.1 Å². The van der Waals surface area contributed by atoms with Gasteiger partial charge in [-0.2, -0.15) is 0 Å². The van der Waals surface area contributed by atoms with Crippen LogP contribution in [0.5, 0.6) is 5.75 Å². The molecule has 0 unspecified atom stereocenters. The molecule has 1 heterocycles. The average molecular weight is 247 g/mol. The minimum atomic E-state index is -0.507. The zero-order valence-electron chi connectivity index (χ0n) is 10.2. The highest BCUT2D eigenvalue weighted by molar-refractivity contribution is 5.94. The molecule has 0 bridgehead atoms. The van der Waals surface area contributed by atoms with Gasteiger partial charge in [0.05, 0.1) is 19.3 Å². The molecule has 0 aliphatic carbocycles. The van der Waals surface area contributed by atoms with Gasteiger partial charge in [-0.3, -0.25) is 0 Å². The summed E-state index contributed by atoms with van der Waals surface area (Å²) >= 11 is 0. The van der Waals surface area contributed by atoms with Crippen LogP contribution in [0.25, 0.3) is 11.3 Å². The third kappa shape index (κ3) is 2.20. The van der Waals surface area contributed by atoms with Gasteiger partial charge in [-0.15, -0.1) is 0 Å². The molecule has 0 N–H and O–H groups in total. The maximum atomic E-state index is 11.7. The molecule has 0 fully saturated rings. The van der Waals surface area contributed by atoms with Gasteiger partial charge in [0.15, 0.2) is 17.8 Å². The molecule has 5 heteroatoms. The predicted octanol–water partition coefficient (Wildman–Crippen LogP) is 2.53. The van der Waals surface area contributed by atoms with E-state index in [0.717, 1.165) is 0 Å². The number of esters is 1. The Bertz CT molecular complexity index is 547. The molecule has 2 rings (SSSR count). The fraction of sp³-hybridized carbons (Fsp3) is 0.231. The Hall–Kier alpha value is -2.30. The Morgan fingerprint density at radius 3 is 2.89 bits per heavy atom. The van der Waals surface area contributed by atoms with Gasteiger partial charge >= 0.3 is 5.97 Å². The minimum Gasteiger partial charge on any atom is -0.496 e. The van der Waals surface area contributed by atoms with Crippen LogP contribution in [0, 0.1) is 0 Å². The molecule has 0 aliphatic heterocycles. The number of nitrogens with zero attached hydrogens (tertiary/aromatic N) is 1. The molecule has 2 aromatic rings. The lowest BCUT2D eigenvalue weighted by molar-refractivity contribution is 0.0520. The molecule has 0 saturated heterocycles. The van der Waals surface area contributed by atoms with Crippen LogP contribution in [0.1, 0.15) is 17.4 Å². The normalized spacial score (nSPS) is 10.1. The summed E-state index contributed by atoms with van der Waals surface area (Å²) in [7, 11) is 1.55. The van der Waals surface area contributed by atoms with Gasteiger partial charge in [-0.05, 0) is 19.1 Å². The van der Waals surface area contributed by atoms with E-state index in [1.165, 1.54) is 6.39 Å². The first-order chi connectivity index (χ1) is 8.77. The fourth-order valence-corrected chi connectivity index (χ4v) is 1.61. The molecule has 0 radical (unpaired) electrons. The van der Waals surface area contributed by atoms with E-state index in [9.17, 15) is 4.79 Å². The van der Waals surface area contributed by atoms with Crippen LogP contribution < -0.4 is 4.74 Å². The first-order valence-electron chi connectivity index (χ1n) is 5.52. The van der Waals surface area contributed by atoms with Crippen molar-refractivity contribution in [3.8, 4) is 17.1 Å². The standard InChI is InChI=1S/C13H13NO4/c1-3-17-13(15)11-12(18-8-14-11)9-6-4-5-7-10(9)16-2/h4-8H,3H2,1-2H3. The Morgan fingerprint density at radius 1 is 1.39 bits per heavy atom. The summed E-state index contributed by atoms with van der Waals surface area (Å²) in [4.78, 5) is 15.6. The number of benzene rings is 1. The summed E-state index contributed by atoms with van der Waals surface area (Å²) in [6.45, 7) is 2.03. The second-order valence-corrected chi connectivity index (χ2v) is 3.45. The number of ether oxygens (including phenoxy) is 2. The van der Waals surface area contributed by atoms with Crippen molar-refractivity contribution in [2.45, 2.75) is 6.92 Å². The third-order valence-electron chi connectivity index (χ3n) is 2.39. The molecule has 1 aromatic heterocycles. The number of oxazole rings is 1. The maximum absolute atomic E-state index is 11.7. The van der Waals surface area contributed by atoms with Crippen LogP contribution in [-0.4, -0.2) is 24.7 Å². The SMILES string of the molecule is CCOC(=O)c1ncoc1-c1ccccc1OC. The lowest BCUT2D eigenvalue weighted by Gasteiger charge is -2.06. The van der Waals surface area contributed by atoms with Crippen LogP contribution in [0.15, 0.2) is 35.1 Å². The number of methoxy groups -OCH3 is 1. The van der Waals surface area contributed by atoms with Crippen LogP contribution >= 0.6 is 0 Å². The highest BCUT2D eigenvalue weighted by atomic mass is 16.5. The molecular weight excluding hydrogens is 234 g/mol. The highest BCUT2D eigenvalue weighted by Crippen LogP contribution is 2.31. The van der Waals surface area contributed by atoms with E-state index in [0.29, 0.717) is 17.1 Å². The molecule has 0 amide bonds. The van der Waals surface area contributed by atoms with E-state index in [-0.39, 0.29) is 12.3 Å². The Morgan fingerprint density at radius 2 is 2.17 bits per heavy atom. The van der Waals surface area contributed by atoms with E-state index in [1.54, 1.807) is 26.2 Å². The Balaban J connectivity index is 2.45. The lowest BCUT2D eigenvalue weighted by Crippen LogP contribution is -2.06. The average Bonchev–Trinajstić information content (AvgIpc) is 2.88. The number of rotatable bonds is 4. The van der Waals surface area contributed by atoms with Crippen molar-refractivity contribution in [1.82, 2.24) is 4.98 Å². The molecule has 0 saturated carbocycles. The largest absolute Gasteiger partial charge is 0.496 e. The molecule has 5 nitrogen and oxygen atoms in total. The second-order valence-electron chi connectivity index (χ2n) is 3.45. The van der Waals surface area contributed by atoms with E-state index in [2.05, 4.69) is 4.98 Å². The number of hydrogen-bond donors (Lipinski definition) is 0. The zero-order valence-corrected chi connectivity index (χ0v) is 10.2. The molecule has 0 aliphatic rings. The summed E-state index contributed by atoms with van der Waals surface area (Å²) in [5.41, 5.74) is 0.821. The molecule has 18 heavy (non-hydrogen) atoms. The van der Waals surface area contributed by atoms with Crippen LogP contribution in [0.3, 0.4) is 0 Å². The summed E-state index contributed by atoms with van der Waals surface area (Å²) in [6, 6.07) is 7.24. The Labute approximate surface area is 104 Å². The third-order valence-corrected chi connectivity index (χ3v) is 2.39. The summed E-state index contributed by atoms with van der Waals surface area (Å²) < 4.78 is 15.4. The van der Waals surface area contributed by atoms with Crippen molar-refractivity contribution >= 4 is 5.97 Å². The second kappa shape index (κ2) is 5.35. The molecule has 1 aromatic carbocycles. The van der Waals surface area contributed by atoms with Gasteiger partial charge in [0.2, 0.25) is 0 Å². The van der Waals surface area contributed by atoms with Gasteiger partial charge in [-0.25, -0.2) is 9.78 Å². The van der Waals surface area contributed by atoms with Gasteiger partial charge in [0, 0.05) is 0 Å². The van der Waals surface area contributed by atoms with Crippen LogP contribution in [0.2, 0.25) is 0 Å². The molecular formula is C13H13NO4. The minimum absolute atomic E-state index is 0.154. The zero-order chi connectivity index (χ0) is 13.0. The number of carbonyl (C=O) groups excluding carboxylic acids is 1. The quantitative estimate of drug-likeness (QED) is 0.777. The van der Waals surface area contributed by atoms with Gasteiger partial charge < -0.3 is 13.9 Å². The van der Waals surface area contributed by atoms with Crippen molar-refractivity contribution in [1.29, 1.82) is 0 Å². The Kier molecular flexibility index (Phi) is 3.62. The monoisotopic (exact) mass is 247 g/mol. The van der Waals surface area contributed by atoms with Gasteiger partial charge in [-0.1, -0.05) is 12.1 Å². The van der Waals surface area contributed by atoms with Crippen LogP contribution in [-0.2, 0) is 4.74 Å². The van der Waals surface area contributed by atoms with E-state index in [4.69, 9.17) is 13.9 Å². The van der Waals surface area contributed by atoms with Gasteiger partial charge in [0.25, 0.3) is 0 Å². The van der Waals surface area contributed by atoms with Crippen molar-refractivity contribution in [3.63, 3.8) is 0 Å². The number of carbonyl (C=O) groups is 1. The number of para-hydroxylation sites is 1. The lowest BCUT2D eigenvalue weighted by atomic mass is 10.1. The topological polar surface area (TPSA) is 61.6 Å². The summed E-state index contributed by atoms with van der Waals surface area (Å²) in [6.07, 6.45) is 1.22. The number of hydrogen-bond acceptors (Lipinski definition) is 5. The molecule has 94 valence electrons. The number of aromatic nitrogens is 1. The predicted molar refractivity (Wildman–Crippen MR) is 64.4 cm³/mol. The van der Waals surface area contributed by atoms with Crippen molar-refractivity contribution < 1.29 is 18.7 Å². The molecule has 0 spiro atoms. The molecule has 0 atom stereocenters. The van der Waals surface area contributed by atoms with Crippen molar-refractivity contribution in [3.05, 3.63) is 36.4 Å². The summed E-state index contributed by atoms with van der Waals surface area (Å²) in [5.74, 6) is 0.456. The van der Waals surface area contributed by atoms with Crippen molar-refractivity contribution in [2.24, 2.45) is 0 Å². The van der Waals surface area contributed by atoms with Crippen LogP contribution in [0.4, 0.5) is 0 Å². The smallest absolute Gasteiger partial charge is 0.360 e. The van der Waals surface area contributed by atoms with E-state index < -0.39 is 5.97 Å². The summed E-state index contributed by atoms with van der Waals surface area (Å²) in [5, 5.41) is 0.